The van der Waals surface area contributed by atoms with Crippen molar-refractivity contribution in [2.45, 2.75) is 6.92 Å². The summed E-state index contributed by atoms with van der Waals surface area (Å²) in [6.07, 6.45) is 1.83. The fourth-order valence-corrected chi connectivity index (χ4v) is 3.18. The van der Waals surface area contributed by atoms with Crippen molar-refractivity contribution in [3.05, 3.63) is 68.6 Å². The number of halogens is 1. The molecule has 0 aliphatic heterocycles. The topological polar surface area (TPSA) is 37.3 Å². The van der Waals surface area contributed by atoms with E-state index in [1.165, 1.54) is 9.13 Å². The largest absolute Gasteiger partial charge is 0.253 e. The van der Waals surface area contributed by atoms with E-state index in [2.05, 4.69) is 69.3 Å². The van der Waals surface area contributed by atoms with Crippen molar-refractivity contribution in [3.8, 4) is 11.3 Å². The minimum Gasteiger partial charge on any atom is -0.253 e. The Hall–Kier alpha value is -1.73. The van der Waals surface area contributed by atoms with E-state index in [4.69, 9.17) is 0 Å². The van der Waals surface area contributed by atoms with E-state index in [1.807, 2.05) is 35.9 Å². The van der Waals surface area contributed by atoms with Gasteiger partial charge in [0.15, 0.2) is 0 Å². The molecule has 0 aliphatic carbocycles. The number of hydrogen-bond acceptors (Lipinski definition) is 4. The first-order valence-corrected chi connectivity index (χ1v) is 8.75. The maximum Gasteiger partial charge on any atom is 0.203 e. The zero-order valence-electron chi connectivity index (χ0n) is 12.0. The Bertz CT molecular complexity index is 797. The maximum absolute atomic E-state index is 4.54. The Kier molecular flexibility index (Phi) is 4.84. The van der Waals surface area contributed by atoms with Gasteiger partial charge in [-0.1, -0.05) is 42.5 Å². The summed E-state index contributed by atoms with van der Waals surface area (Å²) < 4.78 is 1.24. The number of aromatic nitrogens is 1. The Balaban J connectivity index is 1.71. The Labute approximate surface area is 147 Å². The molecule has 0 radical (unpaired) electrons. The monoisotopic (exact) mass is 419 g/mol. The smallest absolute Gasteiger partial charge is 0.203 e. The molecule has 0 unspecified atom stereocenters. The van der Waals surface area contributed by atoms with Crippen LogP contribution < -0.4 is 5.43 Å². The van der Waals surface area contributed by atoms with Crippen LogP contribution in [0, 0.1) is 10.5 Å². The van der Waals surface area contributed by atoms with Crippen molar-refractivity contribution in [2.24, 2.45) is 5.10 Å². The lowest BCUT2D eigenvalue weighted by molar-refractivity contribution is 1.28. The highest BCUT2D eigenvalue weighted by Gasteiger charge is 2.03. The standard InChI is InChI=1S/C17H14IN3S/c1-12-14(8-5-9-15(12)18)10-19-21-17-20-16(11-22-17)13-6-3-2-4-7-13/h2-11H,1H3,(H,20,21). The molecular formula is C17H14IN3S. The van der Waals surface area contributed by atoms with E-state index < -0.39 is 0 Å². The first-order chi connectivity index (χ1) is 10.7. The third-order valence-electron chi connectivity index (χ3n) is 3.25. The lowest BCUT2D eigenvalue weighted by Crippen LogP contribution is -1.93. The molecule has 0 saturated heterocycles. The minimum atomic E-state index is 0.790. The van der Waals surface area contributed by atoms with Crippen molar-refractivity contribution in [1.29, 1.82) is 0 Å². The molecule has 3 aromatic rings. The van der Waals surface area contributed by atoms with Gasteiger partial charge in [0, 0.05) is 14.5 Å². The number of benzene rings is 2. The van der Waals surface area contributed by atoms with E-state index in [0.717, 1.165) is 22.0 Å². The summed E-state index contributed by atoms with van der Waals surface area (Å²) in [6.45, 7) is 2.10. The van der Waals surface area contributed by atoms with Crippen LogP contribution in [0.4, 0.5) is 5.13 Å². The molecule has 1 aromatic heterocycles. The molecule has 3 nitrogen and oxygen atoms in total. The average Bonchev–Trinajstić information content (AvgIpc) is 3.01. The van der Waals surface area contributed by atoms with Crippen molar-refractivity contribution in [2.75, 3.05) is 5.43 Å². The first kappa shape index (κ1) is 15.2. The van der Waals surface area contributed by atoms with Gasteiger partial charge in [-0.2, -0.15) is 5.10 Å². The Morgan fingerprint density at radius 3 is 2.77 bits per heavy atom. The number of hydrogen-bond donors (Lipinski definition) is 1. The van der Waals surface area contributed by atoms with Crippen molar-refractivity contribution in [3.63, 3.8) is 0 Å². The van der Waals surface area contributed by atoms with E-state index in [9.17, 15) is 0 Å². The summed E-state index contributed by atoms with van der Waals surface area (Å²) in [7, 11) is 0. The van der Waals surface area contributed by atoms with Gasteiger partial charge in [-0.3, -0.25) is 5.43 Å². The van der Waals surface area contributed by atoms with Crippen LogP contribution in [-0.4, -0.2) is 11.2 Å². The first-order valence-electron chi connectivity index (χ1n) is 6.79. The third kappa shape index (κ3) is 3.53. The van der Waals surface area contributed by atoms with Gasteiger partial charge in [-0.15, -0.1) is 11.3 Å². The fourth-order valence-electron chi connectivity index (χ4n) is 1.99. The highest BCUT2D eigenvalue weighted by Crippen LogP contribution is 2.24. The second-order valence-electron chi connectivity index (χ2n) is 4.73. The van der Waals surface area contributed by atoms with E-state index >= 15 is 0 Å². The zero-order valence-corrected chi connectivity index (χ0v) is 14.9. The molecule has 0 saturated carbocycles. The number of nitrogens with one attached hydrogen (secondary N) is 1. The van der Waals surface area contributed by atoms with Crippen LogP contribution in [0.1, 0.15) is 11.1 Å². The normalized spacial score (nSPS) is 11.0. The molecule has 0 bridgehead atoms. The molecule has 0 amide bonds. The highest BCUT2D eigenvalue weighted by molar-refractivity contribution is 14.1. The van der Waals surface area contributed by atoms with Gasteiger partial charge in [-0.25, -0.2) is 4.98 Å². The van der Waals surface area contributed by atoms with E-state index in [-0.39, 0.29) is 0 Å². The van der Waals surface area contributed by atoms with Gasteiger partial charge in [0.2, 0.25) is 5.13 Å². The molecule has 22 heavy (non-hydrogen) atoms. The number of thiazole rings is 1. The van der Waals surface area contributed by atoms with Gasteiger partial charge >= 0.3 is 0 Å². The summed E-state index contributed by atoms with van der Waals surface area (Å²) in [4.78, 5) is 4.54. The molecule has 3 rings (SSSR count). The van der Waals surface area contributed by atoms with E-state index in [0.29, 0.717) is 0 Å². The molecular weight excluding hydrogens is 405 g/mol. The van der Waals surface area contributed by atoms with Gasteiger partial charge in [-0.05, 0) is 46.7 Å². The molecule has 0 spiro atoms. The molecule has 0 atom stereocenters. The van der Waals surface area contributed by atoms with Crippen molar-refractivity contribution < 1.29 is 0 Å². The van der Waals surface area contributed by atoms with Crippen LogP contribution in [0.25, 0.3) is 11.3 Å². The molecule has 110 valence electrons. The lowest BCUT2D eigenvalue weighted by Gasteiger charge is -2.01. The van der Waals surface area contributed by atoms with Gasteiger partial charge in [0.25, 0.3) is 0 Å². The predicted octanol–water partition coefficient (Wildman–Crippen LogP) is 5.17. The predicted molar refractivity (Wildman–Crippen MR) is 103 cm³/mol. The van der Waals surface area contributed by atoms with Gasteiger partial charge < -0.3 is 0 Å². The summed E-state index contributed by atoms with van der Waals surface area (Å²) in [5, 5.41) is 7.11. The second-order valence-corrected chi connectivity index (χ2v) is 6.75. The number of rotatable bonds is 4. The summed E-state index contributed by atoms with van der Waals surface area (Å²) in [6, 6.07) is 16.3. The van der Waals surface area contributed by atoms with Crippen LogP contribution in [0.3, 0.4) is 0 Å². The number of nitrogens with zero attached hydrogens (tertiary/aromatic N) is 2. The molecule has 0 fully saturated rings. The average molecular weight is 419 g/mol. The van der Waals surface area contributed by atoms with Crippen LogP contribution in [0.5, 0.6) is 0 Å². The zero-order chi connectivity index (χ0) is 15.4. The second kappa shape index (κ2) is 7.02. The summed E-state index contributed by atoms with van der Waals surface area (Å²) >= 11 is 3.88. The fraction of sp³-hybridized carbons (Fsp3) is 0.0588. The molecule has 1 N–H and O–H groups in total. The number of hydrazone groups is 1. The molecule has 0 aliphatic rings. The Morgan fingerprint density at radius 2 is 1.95 bits per heavy atom. The molecule has 2 aromatic carbocycles. The minimum absolute atomic E-state index is 0.790. The number of anilines is 1. The van der Waals surface area contributed by atoms with Crippen LogP contribution >= 0.6 is 33.9 Å². The third-order valence-corrected chi connectivity index (χ3v) is 5.16. The summed E-state index contributed by atoms with van der Waals surface area (Å²) in [5.74, 6) is 0. The van der Waals surface area contributed by atoms with Gasteiger partial charge in [0.1, 0.15) is 0 Å². The van der Waals surface area contributed by atoms with Crippen LogP contribution in [-0.2, 0) is 0 Å². The SMILES string of the molecule is Cc1c(I)cccc1C=NNc1nc(-c2ccccc2)cs1. The van der Waals surface area contributed by atoms with Crippen LogP contribution in [0.15, 0.2) is 59.0 Å². The molecule has 5 heteroatoms. The highest BCUT2D eigenvalue weighted by atomic mass is 127. The summed E-state index contributed by atoms with van der Waals surface area (Å²) in [5.41, 5.74) is 7.43. The Morgan fingerprint density at radius 1 is 1.14 bits per heavy atom. The quantitative estimate of drug-likeness (QED) is 0.360. The van der Waals surface area contributed by atoms with Gasteiger partial charge in [0.05, 0.1) is 11.9 Å². The maximum atomic E-state index is 4.54. The van der Waals surface area contributed by atoms with E-state index in [1.54, 1.807) is 11.3 Å². The van der Waals surface area contributed by atoms with Crippen molar-refractivity contribution in [1.82, 2.24) is 4.98 Å². The van der Waals surface area contributed by atoms with Crippen molar-refractivity contribution >= 4 is 45.3 Å². The van der Waals surface area contributed by atoms with Crippen LogP contribution in [0.2, 0.25) is 0 Å². The molecule has 1 heterocycles. The lowest BCUT2D eigenvalue weighted by atomic mass is 10.1.